The highest BCUT2D eigenvalue weighted by molar-refractivity contribution is 9.10. The zero-order chi connectivity index (χ0) is 16.6. The number of hydrogen-bond donors (Lipinski definition) is 2. The van der Waals surface area contributed by atoms with Gasteiger partial charge in [-0.05, 0) is 58.3 Å². The Balaban J connectivity index is 2.11. The Hall–Kier alpha value is -1.49. The van der Waals surface area contributed by atoms with E-state index >= 15 is 0 Å². The minimum absolute atomic E-state index is 0.0417. The summed E-state index contributed by atoms with van der Waals surface area (Å²) in [7, 11) is 0. The van der Waals surface area contributed by atoms with E-state index in [1.807, 2.05) is 18.2 Å². The van der Waals surface area contributed by atoms with Gasteiger partial charge in [0.25, 0.3) is 5.91 Å². The summed E-state index contributed by atoms with van der Waals surface area (Å²) in [6, 6.07) is 8.96. The maximum absolute atomic E-state index is 12.3. The van der Waals surface area contributed by atoms with Gasteiger partial charge in [0.2, 0.25) is 0 Å². The van der Waals surface area contributed by atoms with Gasteiger partial charge in [0.15, 0.2) is 0 Å². The molecule has 0 bridgehead atoms. The lowest BCUT2D eigenvalue weighted by atomic mass is 10.0. The van der Waals surface area contributed by atoms with Gasteiger partial charge in [-0.25, -0.2) is 0 Å². The highest BCUT2D eigenvalue weighted by Gasteiger charge is 2.24. The number of benzene rings is 2. The molecule has 0 fully saturated rings. The van der Waals surface area contributed by atoms with Crippen LogP contribution in [0.5, 0.6) is 5.75 Å². The molecule has 0 saturated carbocycles. The van der Waals surface area contributed by atoms with Crippen LogP contribution in [0.1, 0.15) is 16.7 Å². The normalized spacial score (nSPS) is 14.9. The van der Waals surface area contributed by atoms with Gasteiger partial charge in [-0.3, -0.25) is 4.79 Å². The standard InChI is InChI=1S/C17H12BrCl2NO2/c18-14-8-11(20)6-10(16(14)22)7-13-12-5-9(3-4-19)1-2-15(12)21-17(13)23/h1-2,5-8,22H,3-4H2,(H,21,23). The van der Waals surface area contributed by atoms with Crippen molar-refractivity contribution >= 4 is 62.4 Å². The summed E-state index contributed by atoms with van der Waals surface area (Å²) in [6.45, 7) is 0. The van der Waals surface area contributed by atoms with Gasteiger partial charge in [0.1, 0.15) is 5.75 Å². The van der Waals surface area contributed by atoms with Crippen molar-refractivity contribution in [2.75, 3.05) is 11.2 Å². The number of aryl methyl sites for hydroxylation is 1. The second kappa shape index (κ2) is 6.56. The minimum atomic E-state index is -0.210. The Morgan fingerprint density at radius 2 is 2.04 bits per heavy atom. The van der Waals surface area contributed by atoms with Crippen LogP contribution in [-0.2, 0) is 11.2 Å². The molecule has 0 spiro atoms. The first-order chi connectivity index (χ1) is 11.0. The van der Waals surface area contributed by atoms with E-state index in [1.54, 1.807) is 18.2 Å². The van der Waals surface area contributed by atoms with E-state index in [4.69, 9.17) is 23.2 Å². The third-order valence-corrected chi connectivity index (χ3v) is 4.62. The average Bonchev–Trinajstić information content (AvgIpc) is 2.80. The Bertz CT molecular complexity index is 834. The number of carbonyl (C=O) groups is 1. The van der Waals surface area contributed by atoms with E-state index in [0.717, 1.165) is 23.2 Å². The van der Waals surface area contributed by atoms with Crippen molar-refractivity contribution in [3.05, 3.63) is 56.5 Å². The SMILES string of the molecule is O=C1Nc2ccc(CCCl)cc2C1=Cc1cc(Cl)cc(Br)c1O. The molecule has 0 saturated heterocycles. The quantitative estimate of drug-likeness (QED) is 0.545. The Morgan fingerprint density at radius 3 is 2.78 bits per heavy atom. The first kappa shape index (κ1) is 16.4. The molecular formula is C17H12BrCl2NO2. The molecule has 3 rings (SSSR count). The molecule has 1 aliphatic rings. The Morgan fingerprint density at radius 1 is 1.26 bits per heavy atom. The van der Waals surface area contributed by atoms with Crippen LogP contribution in [0.4, 0.5) is 5.69 Å². The summed E-state index contributed by atoms with van der Waals surface area (Å²) >= 11 is 15.1. The minimum Gasteiger partial charge on any atom is -0.506 e. The van der Waals surface area contributed by atoms with Crippen LogP contribution >= 0.6 is 39.1 Å². The van der Waals surface area contributed by atoms with Crippen LogP contribution < -0.4 is 5.32 Å². The largest absolute Gasteiger partial charge is 0.506 e. The van der Waals surface area contributed by atoms with Crippen molar-refractivity contribution in [3.8, 4) is 5.75 Å². The molecule has 3 nitrogen and oxygen atoms in total. The van der Waals surface area contributed by atoms with Gasteiger partial charge in [-0.1, -0.05) is 17.7 Å². The predicted octanol–water partition coefficient (Wildman–Crippen LogP) is 5.08. The maximum Gasteiger partial charge on any atom is 0.256 e. The molecular weight excluding hydrogens is 401 g/mol. The lowest BCUT2D eigenvalue weighted by Crippen LogP contribution is -2.03. The highest BCUT2D eigenvalue weighted by Crippen LogP contribution is 2.38. The number of halogens is 3. The zero-order valence-corrected chi connectivity index (χ0v) is 15.0. The molecule has 1 heterocycles. The number of carbonyl (C=O) groups excluding carboxylic acids is 1. The van der Waals surface area contributed by atoms with Gasteiger partial charge in [0, 0.05) is 33.3 Å². The third kappa shape index (κ3) is 3.25. The summed E-state index contributed by atoms with van der Waals surface area (Å²) in [6.07, 6.45) is 2.36. The van der Waals surface area contributed by atoms with Crippen LogP contribution in [0.2, 0.25) is 5.02 Å². The number of alkyl halides is 1. The fraction of sp³-hybridized carbons (Fsp3) is 0.118. The van der Waals surface area contributed by atoms with E-state index in [-0.39, 0.29) is 11.7 Å². The van der Waals surface area contributed by atoms with E-state index in [1.165, 1.54) is 0 Å². The summed E-state index contributed by atoms with van der Waals surface area (Å²) in [5.41, 5.74) is 3.57. The molecule has 1 amide bonds. The number of amides is 1. The smallest absolute Gasteiger partial charge is 0.256 e. The lowest BCUT2D eigenvalue weighted by molar-refractivity contribution is -0.110. The number of rotatable bonds is 3. The van der Waals surface area contributed by atoms with Gasteiger partial charge in [0.05, 0.1) is 4.47 Å². The molecule has 0 radical (unpaired) electrons. The number of hydrogen-bond acceptors (Lipinski definition) is 2. The summed E-state index contributed by atoms with van der Waals surface area (Å²) in [4.78, 5) is 12.3. The number of phenolic OH excluding ortho intramolecular Hbond substituents is 1. The first-order valence-corrected chi connectivity index (χ1v) is 8.60. The van der Waals surface area contributed by atoms with Crippen LogP contribution in [0.25, 0.3) is 11.6 Å². The molecule has 23 heavy (non-hydrogen) atoms. The fourth-order valence-electron chi connectivity index (χ4n) is 2.49. The summed E-state index contributed by atoms with van der Waals surface area (Å²) < 4.78 is 0.478. The molecule has 1 aliphatic heterocycles. The van der Waals surface area contributed by atoms with Gasteiger partial charge in [-0.2, -0.15) is 0 Å². The Labute approximate surface area is 152 Å². The van der Waals surface area contributed by atoms with Crippen molar-refractivity contribution in [1.82, 2.24) is 0 Å². The van der Waals surface area contributed by atoms with E-state index in [2.05, 4.69) is 21.2 Å². The second-order valence-corrected chi connectivity index (χ2v) is 6.83. The van der Waals surface area contributed by atoms with Gasteiger partial charge < -0.3 is 10.4 Å². The van der Waals surface area contributed by atoms with Crippen molar-refractivity contribution in [3.63, 3.8) is 0 Å². The summed E-state index contributed by atoms with van der Waals surface area (Å²) in [5.74, 6) is 0.347. The highest BCUT2D eigenvalue weighted by atomic mass is 79.9. The Kier molecular flexibility index (Phi) is 4.67. The zero-order valence-electron chi connectivity index (χ0n) is 11.9. The summed E-state index contributed by atoms with van der Waals surface area (Å²) in [5, 5.41) is 13.4. The monoisotopic (exact) mass is 411 g/mol. The number of anilines is 1. The number of nitrogens with one attached hydrogen (secondary N) is 1. The topological polar surface area (TPSA) is 49.3 Å². The van der Waals surface area contributed by atoms with Gasteiger partial charge in [-0.15, -0.1) is 11.6 Å². The lowest BCUT2D eigenvalue weighted by Gasteiger charge is -2.06. The van der Waals surface area contributed by atoms with Crippen LogP contribution in [0.15, 0.2) is 34.8 Å². The molecule has 0 aromatic heterocycles. The number of phenols is 1. The van der Waals surface area contributed by atoms with Crippen LogP contribution in [0, 0.1) is 0 Å². The molecule has 2 N–H and O–H groups in total. The molecule has 0 atom stereocenters. The van der Waals surface area contributed by atoms with Gasteiger partial charge >= 0.3 is 0 Å². The number of fused-ring (bicyclic) bond motifs is 1. The van der Waals surface area contributed by atoms with Crippen molar-refractivity contribution in [2.24, 2.45) is 0 Å². The number of aromatic hydroxyl groups is 1. The van der Waals surface area contributed by atoms with Crippen molar-refractivity contribution in [2.45, 2.75) is 6.42 Å². The molecule has 118 valence electrons. The van der Waals surface area contributed by atoms with Crippen molar-refractivity contribution in [1.29, 1.82) is 0 Å². The maximum atomic E-state index is 12.3. The average molecular weight is 413 g/mol. The van der Waals surface area contributed by atoms with Crippen molar-refractivity contribution < 1.29 is 9.90 Å². The van der Waals surface area contributed by atoms with E-state index in [9.17, 15) is 9.90 Å². The van der Waals surface area contributed by atoms with E-state index < -0.39 is 0 Å². The van der Waals surface area contributed by atoms with Crippen LogP contribution in [-0.4, -0.2) is 16.9 Å². The molecule has 6 heteroatoms. The fourth-order valence-corrected chi connectivity index (χ4v) is 3.55. The van der Waals surface area contributed by atoms with E-state index in [0.29, 0.717) is 26.5 Å². The second-order valence-electron chi connectivity index (χ2n) is 5.16. The molecule has 2 aromatic rings. The first-order valence-electron chi connectivity index (χ1n) is 6.90. The third-order valence-electron chi connectivity index (χ3n) is 3.61. The molecule has 2 aromatic carbocycles. The molecule has 0 aliphatic carbocycles. The van der Waals surface area contributed by atoms with Crippen LogP contribution in [0.3, 0.4) is 0 Å². The molecule has 0 unspecified atom stereocenters. The predicted molar refractivity (Wildman–Crippen MR) is 98.2 cm³/mol.